The highest BCUT2D eigenvalue weighted by Gasteiger charge is 2.66. The summed E-state index contributed by atoms with van der Waals surface area (Å²) in [6.45, 7) is 3.52. The Kier molecular flexibility index (Phi) is 6.01. The third-order valence-corrected chi connectivity index (χ3v) is 10.7. The van der Waals surface area contributed by atoms with Gasteiger partial charge in [-0.2, -0.15) is 0 Å². The minimum Gasteiger partial charge on any atom is -0.454 e. The molecule has 3 fully saturated rings. The molecule has 2 bridgehead atoms. The van der Waals surface area contributed by atoms with Crippen molar-refractivity contribution in [2.75, 3.05) is 11.5 Å². The zero-order valence-corrected chi connectivity index (χ0v) is 21.8. The Labute approximate surface area is 214 Å². The van der Waals surface area contributed by atoms with Crippen molar-refractivity contribution >= 4 is 61.1 Å². The first-order valence-corrected chi connectivity index (χ1v) is 13.1. The van der Waals surface area contributed by atoms with Gasteiger partial charge >= 0.3 is 5.97 Å². The van der Waals surface area contributed by atoms with Crippen LogP contribution in [0.15, 0.2) is 42.5 Å². The SMILES string of the molecule is Cc1ccc(C(=O)COC(=O)c2ccc(N3C(=O)[C@H]4[C@@H]5C[C@@H]([C@@H](Br)[C@H]5Br)[C@@H]4C3=O)cc2)cc1C. The normalized spacial score (nSPS) is 29.5. The number of rotatable bonds is 5. The Morgan fingerprint density at radius 2 is 1.44 bits per heavy atom. The van der Waals surface area contributed by atoms with E-state index in [2.05, 4.69) is 31.9 Å². The number of nitrogens with zero attached hydrogens (tertiary/aromatic N) is 1. The van der Waals surface area contributed by atoms with Gasteiger partial charge in [0.05, 0.1) is 23.1 Å². The second kappa shape index (κ2) is 8.72. The Hall–Kier alpha value is -2.32. The number of carbonyl (C=O) groups excluding carboxylic acids is 4. The number of benzene rings is 2. The molecular formula is C26H23Br2NO5. The van der Waals surface area contributed by atoms with Crippen molar-refractivity contribution in [2.24, 2.45) is 23.7 Å². The van der Waals surface area contributed by atoms with Gasteiger partial charge in [0.1, 0.15) is 0 Å². The van der Waals surface area contributed by atoms with Crippen molar-refractivity contribution < 1.29 is 23.9 Å². The molecule has 0 radical (unpaired) electrons. The van der Waals surface area contributed by atoms with E-state index in [4.69, 9.17) is 4.74 Å². The van der Waals surface area contributed by atoms with E-state index in [1.165, 1.54) is 17.0 Å². The maximum Gasteiger partial charge on any atom is 0.338 e. The first-order chi connectivity index (χ1) is 16.2. The molecule has 2 aromatic carbocycles. The van der Waals surface area contributed by atoms with Crippen molar-refractivity contribution in [1.29, 1.82) is 0 Å². The molecule has 34 heavy (non-hydrogen) atoms. The summed E-state index contributed by atoms with van der Waals surface area (Å²) in [4.78, 5) is 52.8. The highest BCUT2D eigenvalue weighted by Crippen LogP contribution is 2.60. The predicted octanol–water partition coefficient (Wildman–Crippen LogP) is 4.63. The summed E-state index contributed by atoms with van der Waals surface area (Å²) in [7, 11) is 0. The second-order valence-corrected chi connectivity index (χ2v) is 11.5. The van der Waals surface area contributed by atoms with Gasteiger partial charge in [-0.3, -0.25) is 19.3 Å². The maximum atomic E-state index is 13.2. The van der Waals surface area contributed by atoms with Gasteiger partial charge in [-0.1, -0.05) is 44.0 Å². The number of fused-ring (bicyclic) bond motifs is 5. The van der Waals surface area contributed by atoms with Crippen LogP contribution in [0.5, 0.6) is 0 Å². The molecule has 2 amide bonds. The van der Waals surface area contributed by atoms with Crippen molar-refractivity contribution in [3.8, 4) is 0 Å². The van der Waals surface area contributed by atoms with E-state index < -0.39 is 5.97 Å². The molecule has 5 rings (SSSR count). The molecule has 2 saturated carbocycles. The number of halogens is 2. The summed E-state index contributed by atoms with van der Waals surface area (Å²) in [5.41, 5.74) is 3.27. The highest BCUT2D eigenvalue weighted by atomic mass is 79.9. The smallest absolute Gasteiger partial charge is 0.338 e. The number of ether oxygens (including phenoxy) is 1. The van der Waals surface area contributed by atoms with Crippen LogP contribution in [-0.4, -0.2) is 39.8 Å². The fourth-order valence-electron chi connectivity index (χ4n) is 5.56. The van der Waals surface area contributed by atoms with Crippen LogP contribution in [0, 0.1) is 37.5 Å². The van der Waals surface area contributed by atoms with Crippen LogP contribution in [0.4, 0.5) is 5.69 Å². The van der Waals surface area contributed by atoms with Gasteiger partial charge in [0, 0.05) is 15.2 Å². The van der Waals surface area contributed by atoms with Gasteiger partial charge < -0.3 is 4.74 Å². The molecule has 6 nitrogen and oxygen atoms in total. The average molecular weight is 589 g/mol. The summed E-state index contributed by atoms with van der Waals surface area (Å²) >= 11 is 7.38. The number of esters is 1. The van der Waals surface area contributed by atoms with Gasteiger partial charge in [0.15, 0.2) is 12.4 Å². The lowest BCUT2D eigenvalue weighted by Gasteiger charge is -2.28. The third-order valence-electron chi connectivity index (χ3n) is 7.51. The lowest BCUT2D eigenvalue weighted by Crippen LogP contribution is -2.37. The Balaban J connectivity index is 1.25. The first kappa shape index (κ1) is 23.4. The zero-order chi connectivity index (χ0) is 24.3. The maximum absolute atomic E-state index is 13.2. The van der Waals surface area contributed by atoms with E-state index in [-0.39, 0.29) is 63.1 Å². The molecule has 176 valence electrons. The van der Waals surface area contributed by atoms with Gasteiger partial charge in [-0.25, -0.2) is 4.79 Å². The molecule has 1 heterocycles. The molecule has 6 atom stereocenters. The summed E-state index contributed by atoms with van der Waals surface area (Å²) in [5, 5.41) is 0. The van der Waals surface area contributed by atoms with E-state index >= 15 is 0 Å². The molecule has 1 aliphatic heterocycles. The van der Waals surface area contributed by atoms with E-state index in [0.29, 0.717) is 11.3 Å². The zero-order valence-electron chi connectivity index (χ0n) is 18.7. The van der Waals surface area contributed by atoms with Crippen molar-refractivity contribution in [2.45, 2.75) is 29.9 Å². The number of aryl methyl sites for hydroxylation is 2. The number of anilines is 1. The molecule has 0 aromatic heterocycles. The lowest BCUT2D eigenvalue weighted by atomic mass is 9.81. The number of hydrogen-bond donors (Lipinski definition) is 0. The molecule has 1 saturated heterocycles. The Morgan fingerprint density at radius 3 is 2.00 bits per heavy atom. The quantitative estimate of drug-likeness (QED) is 0.220. The van der Waals surface area contributed by atoms with Crippen LogP contribution < -0.4 is 4.90 Å². The molecule has 2 aromatic rings. The van der Waals surface area contributed by atoms with Crippen LogP contribution in [0.25, 0.3) is 0 Å². The summed E-state index contributed by atoms with van der Waals surface area (Å²) < 4.78 is 5.20. The Morgan fingerprint density at radius 1 is 0.882 bits per heavy atom. The largest absolute Gasteiger partial charge is 0.454 e. The summed E-state index contributed by atoms with van der Waals surface area (Å²) in [6.07, 6.45) is 0.873. The molecular weight excluding hydrogens is 566 g/mol. The van der Waals surface area contributed by atoms with Crippen LogP contribution in [-0.2, 0) is 14.3 Å². The highest BCUT2D eigenvalue weighted by molar-refractivity contribution is 9.12. The summed E-state index contributed by atoms with van der Waals surface area (Å²) in [5.74, 6) is -1.55. The van der Waals surface area contributed by atoms with Crippen molar-refractivity contribution in [1.82, 2.24) is 0 Å². The predicted molar refractivity (Wildman–Crippen MR) is 133 cm³/mol. The van der Waals surface area contributed by atoms with Crippen molar-refractivity contribution in [3.05, 3.63) is 64.7 Å². The topological polar surface area (TPSA) is 80.8 Å². The number of ketones is 1. The monoisotopic (exact) mass is 587 g/mol. The van der Waals surface area contributed by atoms with Gasteiger partial charge in [0.2, 0.25) is 11.8 Å². The van der Waals surface area contributed by atoms with E-state index in [9.17, 15) is 19.2 Å². The number of alkyl halides is 2. The van der Waals surface area contributed by atoms with Gasteiger partial charge in [-0.05, 0) is 73.6 Å². The van der Waals surface area contributed by atoms with E-state index in [1.54, 1.807) is 24.3 Å². The molecule has 0 spiro atoms. The molecule has 8 heteroatoms. The number of hydrogen-bond acceptors (Lipinski definition) is 5. The number of carbonyl (C=O) groups is 4. The van der Waals surface area contributed by atoms with Crippen LogP contribution in [0.1, 0.15) is 38.3 Å². The number of Topliss-reactive ketones (excluding diaryl/α,β-unsaturated/α-hetero) is 1. The van der Waals surface area contributed by atoms with Gasteiger partial charge in [0.25, 0.3) is 0 Å². The van der Waals surface area contributed by atoms with E-state index in [0.717, 1.165) is 17.5 Å². The number of imide groups is 1. The van der Waals surface area contributed by atoms with Crippen LogP contribution in [0.2, 0.25) is 0 Å². The molecule has 2 aliphatic carbocycles. The third kappa shape index (κ3) is 3.66. The summed E-state index contributed by atoms with van der Waals surface area (Å²) in [6, 6.07) is 11.6. The average Bonchev–Trinajstić information content (AvgIpc) is 3.44. The van der Waals surface area contributed by atoms with Crippen molar-refractivity contribution in [3.63, 3.8) is 0 Å². The first-order valence-electron chi connectivity index (χ1n) is 11.2. The fourth-order valence-corrected chi connectivity index (χ4v) is 7.44. The molecule has 0 N–H and O–H groups in total. The van der Waals surface area contributed by atoms with Crippen LogP contribution in [0.3, 0.4) is 0 Å². The molecule has 3 aliphatic rings. The number of amides is 2. The van der Waals surface area contributed by atoms with E-state index in [1.807, 2.05) is 19.9 Å². The Bertz CT molecular complexity index is 1180. The second-order valence-electron chi connectivity index (χ2n) is 9.36. The standard InChI is InChI=1S/C26H23Br2NO5/c1-12-3-4-15(9-13(12)2)19(30)11-34-26(33)14-5-7-16(8-6-14)29-24(31)20-17-10-18(21(20)25(29)32)23(28)22(17)27/h3-9,17-18,20-23H,10-11H2,1-2H3/t17-,18+,20-,21-,22-,23+/m0/s1. The van der Waals surface area contributed by atoms with Crippen LogP contribution >= 0.6 is 31.9 Å². The minimum atomic E-state index is -0.637. The van der Waals surface area contributed by atoms with Gasteiger partial charge in [-0.15, -0.1) is 0 Å². The lowest BCUT2D eigenvalue weighted by molar-refractivity contribution is -0.123. The fraction of sp³-hybridized carbons (Fsp3) is 0.385. The minimum absolute atomic E-state index is 0.143. The molecule has 0 unspecified atom stereocenters.